The summed E-state index contributed by atoms with van der Waals surface area (Å²) in [5.41, 5.74) is 6.93. The van der Waals surface area contributed by atoms with Gasteiger partial charge in [0.25, 0.3) is 0 Å². The lowest BCUT2D eigenvalue weighted by atomic mass is 9.72. The van der Waals surface area contributed by atoms with Crippen molar-refractivity contribution in [2.45, 2.75) is 59.8 Å². The highest BCUT2D eigenvalue weighted by atomic mass is 127. The van der Waals surface area contributed by atoms with Crippen LogP contribution in [0.1, 0.15) is 59.8 Å². The molecule has 0 aromatic rings. The Labute approximate surface area is 155 Å². The van der Waals surface area contributed by atoms with Gasteiger partial charge in [0, 0.05) is 0 Å². The van der Waals surface area contributed by atoms with E-state index in [0.717, 1.165) is 0 Å². The quantitative estimate of drug-likeness (QED) is 0.331. The molecule has 124 valence electrons. The van der Waals surface area contributed by atoms with Crippen molar-refractivity contribution in [1.29, 1.82) is 0 Å². The molecule has 2 atom stereocenters. The fourth-order valence-corrected chi connectivity index (χ4v) is 5.14. The van der Waals surface area contributed by atoms with Crippen molar-refractivity contribution in [2.75, 3.05) is 0 Å². The third-order valence-electron chi connectivity index (χ3n) is 6.09. The molecule has 0 heterocycles. The predicted octanol–water partition coefficient (Wildman–Crippen LogP) is 7.30. The second kappa shape index (κ2) is 6.74. The third kappa shape index (κ3) is 3.18. The number of allylic oxidation sites excluding steroid dienone is 10. The van der Waals surface area contributed by atoms with Crippen molar-refractivity contribution < 1.29 is 0 Å². The van der Waals surface area contributed by atoms with Crippen molar-refractivity contribution in [2.24, 2.45) is 17.3 Å². The summed E-state index contributed by atoms with van der Waals surface area (Å²) in [6.07, 6.45) is 18.0. The average Bonchev–Trinajstić information content (AvgIpc) is 2.75. The first-order chi connectivity index (χ1) is 10.9. The number of halogens is 1. The minimum absolute atomic E-state index is 0.292. The van der Waals surface area contributed by atoms with Crippen LogP contribution in [0.4, 0.5) is 0 Å². The van der Waals surface area contributed by atoms with Gasteiger partial charge in [-0.25, -0.2) is 0 Å². The zero-order valence-corrected chi connectivity index (χ0v) is 17.1. The van der Waals surface area contributed by atoms with E-state index in [9.17, 15) is 0 Å². The largest absolute Gasteiger partial charge is 0.0917 e. The van der Waals surface area contributed by atoms with E-state index in [4.69, 9.17) is 0 Å². The molecule has 0 aromatic heterocycles. The smallest absolute Gasteiger partial charge is 0.00223 e. The summed E-state index contributed by atoms with van der Waals surface area (Å²) in [5.74, 6) is 1.41. The lowest BCUT2D eigenvalue weighted by Crippen LogP contribution is -2.23. The Bertz CT molecular complexity index is 637. The van der Waals surface area contributed by atoms with E-state index in [-0.39, 0.29) is 0 Å². The van der Waals surface area contributed by atoms with E-state index in [2.05, 4.69) is 80.7 Å². The lowest BCUT2D eigenvalue weighted by Gasteiger charge is -2.32. The van der Waals surface area contributed by atoms with Crippen LogP contribution in [0.3, 0.4) is 0 Å². The zero-order chi connectivity index (χ0) is 16.6. The molecule has 0 aliphatic heterocycles. The molecule has 1 heteroatoms. The number of hydrogen-bond acceptors (Lipinski definition) is 0. The molecule has 3 aliphatic carbocycles. The highest BCUT2D eigenvalue weighted by Gasteiger charge is 2.45. The van der Waals surface area contributed by atoms with Gasteiger partial charge in [0.1, 0.15) is 0 Å². The second-order valence-corrected chi connectivity index (χ2v) is 9.26. The van der Waals surface area contributed by atoms with Crippen molar-refractivity contribution >= 4 is 22.6 Å². The van der Waals surface area contributed by atoms with E-state index in [1.54, 1.807) is 22.3 Å². The van der Waals surface area contributed by atoms with E-state index >= 15 is 0 Å². The molecule has 23 heavy (non-hydrogen) atoms. The predicted molar refractivity (Wildman–Crippen MR) is 110 cm³/mol. The van der Waals surface area contributed by atoms with E-state index in [1.807, 2.05) is 0 Å². The van der Waals surface area contributed by atoms with Gasteiger partial charge >= 0.3 is 0 Å². The molecule has 0 nitrogen and oxygen atoms in total. The first-order valence-corrected chi connectivity index (χ1v) is 10.1. The van der Waals surface area contributed by atoms with Crippen LogP contribution in [0.15, 0.2) is 56.3 Å². The summed E-state index contributed by atoms with van der Waals surface area (Å²) in [7, 11) is 0. The molecule has 0 amide bonds. The molecule has 0 bridgehead atoms. The van der Waals surface area contributed by atoms with Crippen LogP contribution in [-0.4, -0.2) is 0 Å². The van der Waals surface area contributed by atoms with Gasteiger partial charge in [-0.1, -0.05) is 56.7 Å². The summed E-state index contributed by atoms with van der Waals surface area (Å²) in [6, 6.07) is 0. The molecule has 3 aliphatic rings. The van der Waals surface area contributed by atoms with Crippen LogP contribution in [-0.2, 0) is 0 Å². The summed E-state index contributed by atoms with van der Waals surface area (Å²) in [6.45, 7) is 9.47. The third-order valence-corrected chi connectivity index (χ3v) is 6.89. The zero-order valence-electron chi connectivity index (χ0n) is 15.0. The van der Waals surface area contributed by atoms with Crippen LogP contribution in [0.5, 0.6) is 0 Å². The van der Waals surface area contributed by atoms with E-state index in [0.29, 0.717) is 17.3 Å². The number of fused-ring (bicyclic) bond motifs is 2. The minimum Gasteiger partial charge on any atom is -0.0917 e. The Morgan fingerprint density at radius 3 is 2.83 bits per heavy atom. The van der Waals surface area contributed by atoms with Crippen LogP contribution in [0.25, 0.3) is 0 Å². The van der Waals surface area contributed by atoms with E-state index < -0.39 is 0 Å². The van der Waals surface area contributed by atoms with Gasteiger partial charge in [-0.2, -0.15) is 0 Å². The molecular weight excluding hydrogens is 391 g/mol. The van der Waals surface area contributed by atoms with Gasteiger partial charge in [0.15, 0.2) is 0 Å². The Kier molecular flexibility index (Phi) is 5.06. The fraction of sp³-hybridized carbons (Fsp3) is 0.545. The molecular formula is C22H29I. The topological polar surface area (TPSA) is 0 Å². The summed E-state index contributed by atoms with van der Waals surface area (Å²) in [4.78, 5) is 0. The first-order valence-electron chi connectivity index (χ1n) is 9.07. The summed E-state index contributed by atoms with van der Waals surface area (Å²) < 4.78 is 1.51. The average molecular weight is 420 g/mol. The van der Waals surface area contributed by atoms with Gasteiger partial charge in [0.05, 0.1) is 0 Å². The first kappa shape index (κ1) is 17.3. The standard InChI is InChI=1S/C22H29I/c1-5-6-7-8-15(2)16-9-11-18-19-12-10-17(23)14-21(19)22(3,4)20(18)13-16/h5-6,10,12-13,15,21H,7-9,11,14H2,1-4H3/b6-5-. The lowest BCUT2D eigenvalue weighted by molar-refractivity contribution is 0.335. The Morgan fingerprint density at radius 1 is 1.30 bits per heavy atom. The Morgan fingerprint density at radius 2 is 2.09 bits per heavy atom. The molecule has 0 saturated carbocycles. The van der Waals surface area contributed by atoms with Gasteiger partial charge < -0.3 is 0 Å². The van der Waals surface area contributed by atoms with Crippen LogP contribution >= 0.6 is 22.6 Å². The molecule has 0 aromatic carbocycles. The molecule has 0 radical (unpaired) electrons. The van der Waals surface area contributed by atoms with Crippen molar-refractivity contribution in [3.8, 4) is 0 Å². The fourth-order valence-electron chi connectivity index (χ4n) is 4.52. The van der Waals surface area contributed by atoms with Crippen LogP contribution in [0, 0.1) is 17.3 Å². The molecule has 0 fully saturated rings. The number of rotatable bonds is 4. The molecule has 0 N–H and O–H groups in total. The normalized spacial score (nSPS) is 27.3. The second-order valence-electron chi connectivity index (χ2n) is 7.87. The van der Waals surface area contributed by atoms with E-state index in [1.165, 1.54) is 35.7 Å². The molecule has 2 unspecified atom stereocenters. The highest BCUT2D eigenvalue weighted by Crippen LogP contribution is 2.58. The molecule has 3 rings (SSSR count). The maximum Gasteiger partial charge on any atom is -0.00223 e. The monoisotopic (exact) mass is 420 g/mol. The van der Waals surface area contributed by atoms with Gasteiger partial charge in [-0.3, -0.25) is 0 Å². The Balaban J connectivity index is 1.88. The Hall–Kier alpha value is -0.570. The highest BCUT2D eigenvalue weighted by molar-refractivity contribution is 14.1. The van der Waals surface area contributed by atoms with Crippen molar-refractivity contribution in [3.05, 3.63) is 56.3 Å². The van der Waals surface area contributed by atoms with Gasteiger partial charge in [-0.15, -0.1) is 0 Å². The van der Waals surface area contributed by atoms with Crippen molar-refractivity contribution in [3.63, 3.8) is 0 Å². The summed E-state index contributed by atoms with van der Waals surface area (Å²) in [5, 5.41) is 0. The molecule has 0 saturated heterocycles. The minimum atomic E-state index is 0.292. The molecule has 0 spiro atoms. The van der Waals surface area contributed by atoms with Crippen LogP contribution < -0.4 is 0 Å². The maximum atomic E-state index is 2.59. The number of hydrogen-bond donors (Lipinski definition) is 0. The van der Waals surface area contributed by atoms with Crippen LogP contribution in [0.2, 0.25) is 0 Å². The maximum absolute atomic E-state index is 2.59. The SMILES string of the molecule is C/C=C\CCC(C)C1=CC2=C(CC1)C1=CC=C(I)CC1C2(C)C. The summed E-state index contributed by atoms with van der Waals surface area (Å²) >= 11 is 2.51. The van der Waals surface area contributed by atoms with Crippen molar-refractivity contribution in [1.82, 2.24) is 0 Å². The van der Waals surface area contributed by atoms with Gasteiger partial charge in [0.2, 0.25) is 0 Å². The van der Waals surface area contributed by atoms with Gasteiger partial charge in [-0.05, 0) is 99.2 Å².